The first-order valence-corrected chi connectivity index (χ1v) is 11.0. The third-order valence-corrected chi connectivity index (χ3v) is 6.73. The maximum Gasteiger partial charge on any atom is 0.319 e. The van der Waals surface area contributed by atoms with E-state index in [1.165, 1.54) is 26.6 Å². The van der Waals surface area contributed by atoms with E-state index >= 15 is 0 Å². The van der Waals surface area contributed by atoms with E-state index in [4.69, 9.17) is 0 Å². The Kier molecular flexibility index (Phi) is 5.74. The second kappa shape index (κ2) is 8.43. The number of carbonyl (C=O) groups is 1. The summed E-state index contributed by atoms with van der Waals surface area (Å²) in [5, 5.41) is 7.42. The number of anilines is 1. The Hall–Kier alpha value is -2.57. The lowest BCUT2D eigenvalue weighted by Crippen LogP contribution is -2.34. The van der Waals surface area contributed by atoms with Gasteiger partial charge in [0.25, 0.3) is 0 Å². The molecule has 1 atom stereocenters. The highest BCUT2D eigenvalue weighted by Gasteiger charge is 2.28. The number of nitrogens with one attached hydrogen (secondary N) is 2. The Morgan fingerprint density at radius 3 is 2.62 bits per heavy atom. The van der Waals surface area contributed by atoms with E-state index in [9.17, 15) is 4.79 Å². The van der Waals surface area contributed by atoms with Crippen molar-refractivity contribution in [2.45, 2.75) is 39.3 Å². The van der Waals surface area contributed by atoms with E-state index in [1.54, 1.807) is 0 Å². The third-order valence-electron chi connectivity index (χ3n) is 5.48. The van der Waals surface area contributed by atoms with Crippen molar-refractivity contribution in [2.24, 2.45) is 0 Å². The Bertz CT molecular complexity index is 975. The molecular weight excluding hydrogens is 380 g/mol. The quantitative estimate of drug-likeness (QED) is 0.616. The zero-order chi connectivity index (χ0) is 20.4. The Morgan fingerprint density at radius 1 is 1.21 bits per heavy atom. The van der Waals surface area contributed by atoms with Crippen LogP contribution in [0, 0.1) is 6.92 Å². The summed E-state index contributed by atoms with van der Waals surface area (Å²) in [7, 11) is 2.17. The average molecular weight is 409 g/mol. The maximum atomic E-state index is 12.7. The molecule has 0 saturated carbocycles. The summed E-state index contributed by atoms with van der Waals surface area (Å²) >= 11 is 1.85. The van der Waals surface area contributed by atoms with Crippen molar-refractivity contribution in [1.82, 2.24) is 14.8 Å². The summed E-state index contributed by atoms with van der Waals surface area (Å²) in [5.74, 6) is 0. The first-order valence-electron chi connectivity index (χ1n) is 10.2. The van der Waals surface area contributed by atoms with Gasteiger partial charge in [0.2, 0.25) is 0 Å². The number of amides is 2. The molecule has 0 radical (unpaired) electrons. The molecule has 6 heteroatoms. The number of rotatable bonds is 5. The number of hydrogen-bond acceptors (Lipinski definition) is 3. The van der Waals surface area contributed by atoms with E-state index < -0.39 is 0 Å². The van der Waals surface area contributed by atoms with Gasteiger partial charge in [0, 0.05) is 41.6 Å². The minimum atomic E-state index is -0.160. The van der Waals surface area contributed by atoms with Crippen molar-refractivity contribution in [3.63, 3.8) is 0 Å². The van der Waals surface area contributed by atoms with Gasteiger partial charge in [0.15, 0.2) is 0 Å². The summed E-state index contributed by atoms with van der Waals surface area (Å²) in [6, 6.07) is 11.8. The lowest BCUT2D eigenvalue weighted by atomic mass is 9.96. The molecule has 0 saturated heterocycles. The minimum Gasteiger partial charge on any atom is -0.331 e. The molecule has 2 amide bonds. The zero-order valence-corrected chi connectivity index (χ0v) is 18.1. The van der Waals surface area contributed by atoms with E-state index in [1.807, 2.05) is 54.7 Å². The number of aryl methyl sites for hydroxylation is 1. The van der Waals surface area contributed by atoms with Crippen molar-refractivity contribution in [3.8, 4) is 5.00 Å². The fraction of sp³-hybridized carbons (Fsp3) is 0.348. The topological polar surface area (TPSA) is 49.3 Å². The van der Waals surface area contributed by atoms with Crippen LogP contribution in [0.3, 0.4) is 0 Å². The lowest BCUT2D eigenvalue weighted by Gasteiger charge is -2.25. The van der Waals surface area contributed by atoms with Gasteiger partial charge in [0.1, 0.15) is 5.00 Å². The molecule has 5 nitrogen and oxygen atoms in total. The highest BCUT2D eigenvalue weighted by molar-refractivity contribution is 7.15. The summed E-state index contributed by atoms with van der Waals surface area (Å²) in [6.45, 7) is 6.19. The fourth-order valence-corrected chi connectivity index (χ4v) is 5.36. The molecule has 0 fully saturated rings. The van der Waals surface area contributed by atoms with Crippen LogP contribution in [0.4, 0.5) is 10.5 Å². The Morgan fingerprint density at radius 2 is 1.93 bits per heavy atom. The number of benzene rings is 1. The van der Waals surface area contributed by atoms with Crippen LogP contribution in [0.15, 0.2) is 48.8 Å². The summed E-state index contributed by atoms with van der Waals surface area (Å²) in [4.78, 5) is 16.5. The maximum absolute atomic E-state index is 12.7. The number of carbonyl (C=O) groups excluding carboxylic acids is 1. The van der Waals surface area contributed by atoms with Gasteiger partial charge in [0.05, 0.1) is 6.04 Å². The van der Waals surface area contributed by atoms with Gasteiger partial charge in [-0.2, -0.15) is 0 Å². The van der Waals surface area contributed by atoms with Crippen molar-refractivity contribution in [1.29, 1.82) is 0 Å². The Labute approximate surface area is 176 Å². The van der Waals surface area contributed by atoms with Gasteiger partial charge in [-0.3, -0.25) is 0 Å². The standard InChI is InChI=1S/C23H28N4OS/c1-4-19(25-23(28)24-17-9-7-16(2)8-10-17)21-18-11-14-26(3)15-20(18)29-22(21)27-12-5-6-13-27/h5-10,12-13,19H,4,11,14-15H2,1-3H3,(H2,24,25,28). The predicted octanol–water partition coefficient (Wildman–Crippen LogP) is 5.11. The minimum absolute atomic E-state index is 0.0266. The molecule has 1 aromatic carbocycles. The molecule has 152 valence electrons. The normalized spacial score (nSPS) is 15.0. The zero-order valence-electron chi connectivity index (χ0n) is 17.2. The van der Waals surface area contributed by atoms with E-state index in [-0.39, 0.29) is 12.1 Å². The van der Waals surface area contributed by atoms with Gasteiger partial charge in [-0.05, 0) is 56.6 Å². The second-order valence-corrected chi connectivity index (χ2v) is 8.81. The van der Waals surface area contributed by atoms with Crippen LogP contribution in [0.2, 0.25) is 0 Å². The number of aromatic nitrogens is 1. The first kappa shape index (κ1) is 19.7. The monoisotopic (exact) mass is 408 g/mol. The molecule has 1 aliphatic heterocycles. The second-order valence-electron chi connectivity index (χ2n) is 7.73. The van der Waals surface area contributed by atoms with Gasteiger partial charge in [-0.1, -0.05) is 24.6 Å². The number of thiophene rings is 1. The van der Waals surface area contributed by atoms with Crippen LogP contribution < -0.4 is 10.6 Å². The molecule has 4 rings (SSSR count). The van der Waals surface area contributed by atoms with Crippen LogP contribution in [0.1, 0.15) is 41.0 Å². The predicted molar refractivity (Wildman–Crippen MR) is 120 cm³/mol. The molecule has 0 bridgehead atoms. The third kappa shape index (κ3) is 4.23. The number of nitrogens with zero attached hydrogens (tertiary/aromatic N) is 2. The highest BCUT2D eigenvalue weighted by atomic mass is 32.1. The number of fused-ring (bicyclic) bond motifs is 1. The van der Waals surface area contributed by atoms with Crippen LogP contribution in [-0.2, 0) is 13.0 Å². The van der Waals surface area contributed by atoms with Gasteiger partial charge >= 0.3 is 6.03 Å². The smallest absolute Gasteiger partial charge is 0.319 e. The van der Waals surface area contributed by atoms with Crippen LogP contribution in [0.25, 0.3) is 5.00 Å². The molecule has 1 unspecified atom stereocenters. The number of hydrogen-bond donors (Lipinski definition) is 2. The van der Waals surface area contributed by atoms with E-state index in [0.717, 1.165) is 31.6 Å². The molecule has 0 spiro atoms. The van der Waals surface area contributed by atoms with Crippen LogP contribution >= 0.6 is 11.3 Å². The van der Waals surface area contributed by atoms with Crippen molar-refractivity contribution in [3.05, 3.63) is 70.4 Å². The average Bonchev–Trinajstić information content (AvgIpc) is 3.35. The molecule has 2 N–H and O–H groups in total. The van der Waals surface area contributed by atoms with E-state index in [2.05, 4.69) is 46.5 Å². The molecule has 2 aromatic heterocycles. The molecule has 3 aromatic rings. The summed E-state index contributed by atoms with van der Waals surface area (Å²) in [6.07, 6.45) is 6.04. The fourth-order valence-electron chi connectivity index (χ4n) is 3.90. The molecule has 1 aliphatic rings. The van der Waals surface area contributed by atoms with E-state index in [0.29, 0.717) is 0 Å². The number of likely N-dealkylation sites (N-methyl/N-ethyl adjacent to an activating group) is 1. The SMILES string of the molecule is CCC(NC(=O)Nc1ccc(C)cc1)c1c(-n2cccc2)sc2c1CCN(C)C2. The molecule has 29 heavy (non-hydrogen) atoms. The molecule has 0 aliphatic carbocycles. The first-order chi connectivity index (χ1) is 14.0. The number of urea groups is 1. The largest absolute Gasteiger partial charge is 0.331 e. The van der Waals surface area contributed by atoms with Crippen molar-refractivity contribution >= 4 is 23.1 Å². The molecule has 3 heterocycles. The van der Waals surface area contributed by atoms with Gasteiger partial charge in [-0.15, -0.1) is 11.3 Å². The van der Waals surface area contributed by atoms with Crippen LogP contribution in [-0.4, -0.2) is 29.1 Å². The molecular formula is C23H28N4OS. The summed E-state index contributed by atoms with van der Waals surface area (Å²) in [5.41, 5.74) is 4.67. The summed E-state index contributed by atoms with van der Waals surface area (Å²) < 4.78 is 2.18. The van der Waals surface area contributed by atoms with Crippen LogP contribution in [0.5, 0.6) is 0 Å². The lowest BCUT2D eigenvalue weighted by molar-refractivity contribution is 0.248. The van der Waals surface area contributed by atoms with Crippen molar-refractivity contribution in [2.75, 3.05) is 18.9 Å². The Balaban J connectivity index is 1.62. The highest BCUT2D eigenvalue weighted by Crippen LogP contribution is 2.40. The van der Waals surface area contributed by atoms with Crippen molar-refractivity contribution < 1.29 is 4.79 Å². The van der Waals surface area contributed by atoms with Gasteiger partial charge in [-0.25, -0.2) is 4.79 Å². The van der Waals surface area contributed by atoms with Gasteiger partial charge < -0.3 is 20.1 Å².